The van der Waals surface area contributed by atoms with Crippen molar-refractivity contribution in [3.05, 3.63) is 0 Å². The van der Waals surface area contributed by atoms with Gasteiger partial charge in [0, 0.05) is 45.3 Å². The number of carboxylic acids is 1. The number of likely N-dealkylation sites (tertiary alicyclic amines) is 1. The first-order chi connectivity index (χ1) is 12.1. The van der Waals surface area contributed by atoms with Gasteiger partial charge in [-0.25, -0.2) is 4.79 Å². The number of piperidine rings is 2. The van der Waals surface area contributed by atoms with Crippen molar-refractivity contribution in [2.24, 2.45) is 5.92 Å². The van der Waals surface area contributed by atoms with Gasteiger partial charge in [-0.1, -0.05) is 0 Å². The molecule has 3 saturated heterocycles. The van der Waals surface area contributed by atoms with Gasteiger partial charge in [0.15, 0.2) is 0 Å². The molecule has 27 heavy (non-hydrogen) atoms. The third-order valence-electron chi connectivity index (χ3n) is 6.03. The van der Waals surface area contributed by atoms with Crippen molar-refractivity contribution in [3.8, 4) is 0 Å². The van der Waals surface area contributed by atoms with Crippen molar-refractivity contribution in [1.82, 2.24) is 20.0 Å². The number of carbonyl (C=O) groups excluding carboxylic acids is 1. The molecule has 0 saturated carbocycles. The van der Waals surface area contributed by atoms with Crippen molar-refractivity contribution in [2.75, 3.05) is 52.4 Å². The van der Waals surface area contributed by atoms with Crippen LogP contribution in [0, 0.1) is 5.92 Å². The first-order valence-corrected chi connectivity index (χ1v) is 9.84. The average molecular weight is 425 g/mol. The van der Waals surface area contributed by atoms with Crippen LogP contribution in [0.1, 0.15) is 38.5 Å². The van der Waals surface area contributed by atoms with Gasteiger partial charge in [0.25, 0.3) is 0 Å². The van der Waals surface area contributed by atoms with Crippen LogP contribution in [0.15, 0.2) is 0 Å². The molecule has 2 amide bonds. The van der Waals surface area contributed by atoms with Crippen LogP contribution < -0.4 is 5.32 Å². The van der Waals surface area contributed by atoms with Gasteiger partial charge < -0.3 is 25.1 Å². The average Bonchev–Trinajstić information content (AvgIpc) is 3.00. The molecular formula is C18H34Cl2N4O3. The van der Waals surface area contributed by atoms with E-state index < -0.39 is 5.97 Å². The highest BCUT2D eigenvalue weighted by Gasteiger charge is 2.35. The maximum absolute atomic E-state index is 12.7. The van der Waals surface area contributed by atoms with Gasteiger partial charge in [-0.05, 0) is 51.1 Å². The summed E-state index contributed by atoms with van der Waals surface area (Å²) in [6, 6.07) is 0.551. The first kappa shape index (κ1) is 24.3. The van der Waals surface area contributed by atoms with Gasteiger partial charge >= 0.3 is 12.0 Å². The maximum atomic E-state index is 12.7. The molecule has 0 aliphatic carbocycles. The molecule has 0 unspecified atom stereocenters. The molecular weight excluding hydrogens is 391 g/mol. The van der Waals surface area contributed by atoms with Crippen molar-refractivity contribution in [2.45, 2.75) is 44.6 Å². The lowest BCUT2D eigenvalue weighted by molar-refractivity contribution is -0.137. The summed E-state index contributed by atoms with van der Waals surface area (Å²) in [6.07, 6.45) is 5.74. The Morgan fingerprint density at radius 1 is 1.00 bits per heavy atom. The molecule has 158 valence electrons. The summed E-state index contributed by atoms with van der Waals surface area (Å²) in [5, 5.41) is 12.2. The number of rotatable bonds is 7. The molecule has 0 aromatic heterocycles. The summed E-state index contributed by atoms with van der Waals surface area (Å²) in [7, 11) is 0. The minimum atomic E-state index is -0.735. The van der Waals surface area contributed by atoms with Crippen LogP contribution in [0.5, 0.6) is 0 Å². The summed E-state index contributed by atoms with van der Waals surface area (Å²) in [5.41, 5.74) is 0. The Morgan fingerprint density at radius 2 is 1.67 bits per heavy atom. The largest absolute Gasteiger partial charge is 0.481 e. The molecule has 3 rings (SSSR count). The Hall–Kier alpha value is -0.760. The predicted molar refractivity (Wildman–Crippen MR) is 110 cm³/mol. The molecule has 7 nitrogen and oxygen atoms in total. The molecule has 0 radical (unpaired) electrons. The standard InChI is InChI=1S/C18H32N4O3.2ClH/c23-17(24)6-11-20-9-4-16(5-10-20)22-14-13-21(18(22)25)12-3-15-1-7-19-8-2-15;;/h15-16,19H,1-14H2,(H,23,24);2*1H. The smallest absolute Gasteiger partial charge is 0.320 e. The fraction of sp³-hybridized carbons (Fsp3) is 0.889. The van der Waals surface area contributed by atoms with Crippen molar-refractivity contribution >= 4 is 36.8 Å². The molecule has 3 aliphatic heterocycles. The van der Waals surface area contributed by atoms with Crippen molar-refractivity contribution in [1.29, 1.82) is 0 Å². The number of halogens is 2. The number of hydrogen-bond acceptors (Lipinski definition) is 4. The van der Waals surface area contributed by atoms with Crippen LogP contribution in [-0.4, -0.2) is 90.2 Å². The van der Waals surface area contributed by atoms with Crippen LogP contribution in [0.3, 0.4) is 0 Å². The number of carboxylic acid groups (broad SMARTS) is 1. The van der Waals surface area contributed by atoms with Gasteiger partial charge in [0.05, 0.1) is 6.42 Å². The molecule has 0 bridgehead atoms. The van der Waals surface area contributed by atoms with E-state index in [2.05, 4.69) is 15.1 Å². The number of aliphatic carboxylic acids is 1. The summed E-state index contributed by atoms with van der Waals surface area (Å²) >= 11 is 0. The van der Waals surface area contributed by atoms with E-state index in [1.807, 2.05) is 4.90 Å². The SMILES string of the molecule is Cl.Cl.O=C(O)CCN1CCC(N2CCN(CCC3CCNCC3)C2=O)CC1. The molecule has 2 N–H and O–H groups in total. The second-order valence-electron chi connectivity index (χ2n) is 7.66. The zero-order valence-electron chi connectivity index (χ0n) is 16.0. The van der Waals surface area contributed by atoms with Crippen molar-refractivity contribution < 1.29 is 14.7 Å². The first-order valence-electron chi connectivity index (χ1n) is 9.84. The molecule has 0 aromatic rings. The Labute approximate surface area is 174 Å². The van der Waals surface area contributed by atoms with Gasteiger partial charge in [0.2, 0.25) is 0 Å². The van der Waals surface area contributed by atoms with E-state index in [0.29, 0.717) is 12.6 Å². The fourth-order valence-electron chi connectivity index (χ4n) is 4.36. The molecule has 0 spiro atoms. The quantitative estimate of drug-likeness (QED) is 0.652. The summed E-state index contributed by atoms with van der Waals surface area (Å²) in [5.74, 6) is 0.0295. The zero-order valence-corrected chi connectivity index (χ0v) is 17.6. The highest BCUT2D eigenvalue weighted by molar-refractivity contribution is 5.85. The summed E-state index contributed by atoms with van der Waals surface area (Å²) in [4.78, 5) is 29.7. The Kier molecular flexibility index (Phi) is 10.7. The van der Waals surface area contributed by atoms with E-state index in [-0.39, 0.29) is 37.3 Å². The van der Waals surface area contributed by atoms with E-state index in [0.717, 1.165) is 71.0 Å². The molecule has 0 atom stereocenters. The van der Waals surface area contributed by atoms with Crippen LogP contribution >= 0.6 is 24.8 Å². The summed E-state index contributed by atoms with van der Waals surface area (Å²) < 4.78 is 0. The molecule has 3 aliphatic rings. The number of nitrogens with one attached hydrogen (secondary N) is 1. The highest BCUT2D eigenvalue weighted by Crippen LogP contribution is 2.23. The van der Waals surface area contributed by atoms with E-state index in [1.54, 1.807) is 0 Å². The van der Waals surface area contributed by atoms with Crippen LogP contribution in [0.4, 0.5) is 4.79 Å². The Morgan fingerprint density at radius 3 is 2.30 bits per heavy atom. The topological polar surface area (TPSA) is 76.1 Å². The van der Waals surface area contributed by atoms with Gasteiger partial charge in [-0.2, -0.15) is 0 Å². The van der Waals surface area contributed by atoms with E-state index in [9.17, 15) is 9.59 Å². The van der Waals surface area contributed by atoms with Crippen LogP contribution in [0.25, 0.3) is 0 Å². The summed E-state index contributed by atoms with van der Waals surface area (Å²) in [6.45, 7) is 7.27. The van der Waals surface area contributed by atoms with Crippen LogP contribution in [-0.2, 0) is 4.79 Å². The fourth-order valence-corrected chi connectivity index (χ4v) is 4.36. The minimum Gasteiger partial charge on any atom is -0.481 e. The molecule has 9 heteroatoms. The third-order valence-corrected chi connectivity index (χ3v) is 6.03. The lowest BCUT2D eigenvalue weighted by Crippen LogP contribution is -2.47. The predicted octanol–water partition coefficient (Wildman–Crippen LogP) is 1.90. The highest BCUT2D eigenvalue weighted by atomic mass is 35.5. The maximum Gasteiger partial charge on any atom is 0.320 e. The number of nitrogens with zero attached hydrogens (tertiary/aromatic N) is 3. The number of amides is 2. The second-order valence-corrected chi connectivity index (χ2v) is 7.66. The second kappa shape index (κ2) is 11.9. The minimum absolute atomic E-state index is 0. The number of carbonyl (C=O) groups is 2. The molecule has 3 heterocycles. The number of hydrogen-bond donors (Lipinski definition) is 2. The lowest BCUT2D eigenvalue weighted by atomic mass is 9.94. The third kappa shape index (κ3) is 6.97. The van der Waals surface area contributed by atoms with Gasteiger partial charge in [-0.15, -0.1) is 24.8 Å². The Bertz CT molecular complexity index is 470. The van der Waals surface area contributed by atoms with Gasteiger partial charge in [-0.3, -0.25) is 4.79 Å². The molecule has 0 aromatic carbocycles. The Balaban J connectivity index is 0.00000182. The lowest BCUT2D eigenvalue weighted by Gasteiger charge is -2.36. The zero-order chi connectivity index (χ0) is 17.6. The normalized spacial score (nSPS) is 22.4. The molecule has 3 fully saturated rings. The van der Waals surface area contributed by atoms with E-state index in [4.69, 9.17) is 5.11 Å². The van der Waals surface area contributed by atoms with E-state index in [1.165, 1.54) is 12.8 Å². The monoisotopic (exact) mass is 424 g/mol. The van der Waals surface area contributed by atoms with Crippen molar-refractivity contribution in [3.63, 3.8) is 0 Å². The number of urea groups is 1. The van der Waals surface area contributed by atoms with Crippen LogP contribution in [0.2, 0.25) is 0 Å². The van der Waals surface area contributed by atoms with Gasteiger partial charge in [0.1, 0.15) is 0 Å². The van der Waals surface area contributed by atoms with E-state index >= 15 is 0 Å².